The molecule has 0 fully saturated rings. The second-order valence-electron chi connectivity index (χ2n) is 1.35. The third-order valence-electron chi connectivity index (χ3n) is 0.709. The molecular weight excluding hydrogens is 111 g/mol. The molecule has 1 heterocycles. The smallest absolute Gasteiger partial charge is 0.169 e. The van der Waals surface area contributed by atoms with E-state index in [-0.39, 0.29) is 11.6 Å². The average Bonchev–Trinajstić information content (AvgIpc) is 2.14. The maximum atomic E-state index is 11.5. The van der Waals surface area contributed by atoms with Gasteiger partial charge in [0.2, 0.25) is 0 Å². The summed E-state index contributed by atoms with van der Waals surface area (Å²) < 4.78 is 15.9. The zero-order valence-corrected chi connectivity index (χ0v) is 4.10. The first-order chi connectivity index (χ1) is 3.83. The van der Waals surface area contributed by atoms with Crippen LogP contribution in [0.15, 0.2) is 10.6 Å². The highest BCUT2D eigenvalue weighted by Gasteiger charge is 1.96. The zero-order chi connectivity index (χ0) is 5.98. The lowest BCUT2D eigenvalue weighted by Crippen LogP contribution is -1.79. The van der Waals surface area contributed by atoms with Crippen molar-refractivity contribution in [3.05, 3.63) is 11.8 Å². The quantitative estimate of drug-likeness (QED) is 0.588. The molecule has 8 heavy (non-hydrogen) atoms. The van der Waals surface area contributed by atoms with E-state index in [1.165, 1.54) is 6.07 Å². The Morgan fingerprint density at radius 2 is 2.62 bits per heavy atom. The Kier molecular flexibility index (Phi) is 1.15. The second kappa shape index (κ2) is 1.81. The van der Waals surface area contributed by atoms with Gasteiger partial charge in [0, 0.05) is 6.07 Å². The zero-order valence-electron chi connectivity index (χ0n) is 4.10. The third-order valence-corrected chi connectivity index (χ3v) is 0.709. The van der Waals surface area contributed by atoms with Gasteiger partial charge < -0.3 is 10.3 Å². The van der Waals surface area contributed by atoms with Gasteiger partial charge in [0.05, 0.1) is 0 Å². The molecule has 0 atom stereocenters. The first-order valence-corrected chi connectivity index (χ1v) is 2.10. The normalized spacial score (nSPS) is 9.62. The molecule has 44 valence electrons. The number of nitrogens with two attached hydrogens (primary N) is 1. The van der Waals surface area contributed by atoms with Gasteiger partial charge in [-0.05, 0) is 0 Å². The maximum absolute atomic E-state index is 11.5. The molecule has 2 N–H and O–H groups in total. The number of nitrogens with zero attached hydrogens (tertiary/aromatic N) is 1. The van der Waals surface area contributed by atoms with E-state index >= 15 is 0 Å². The van der Waals surface area contributed by atoms with Crippen LogP contribution < -0.4 is 5.73 Å². The lowest BCUT2D eigenvalue weighted by atomic mass is 10.5. The number of aromatic nitrogens is 1. The van der Waals surface area contributed by atoms with E-state index in [4.69, 9.17) is 5.73 Å². The Morgan fingerprint density at radius 1 is 1.88 bits per heavy atom. The van der Waals surface area contributed by atoms with Crippen molar-refractivity contribution in [1.82, 2.24) is 5.16 Å². The van der Waals surface area contributed by atoms with Crippen LogP contribution in [0.25, 0.3) is 0 Å². The van der Waals surface area contributed by atoms with Crippen LogP contribution >= 0.6 is 0 Å². The number of hydrogen-bond acceptors (Lipinski definition) is 3. The number of hydrogen-bond donors (Lipinski definition) is 1. The summed E-state index contributed by atoms with van der Waals surface area (Å²) >= 11 is 0. The van der Waals surface area contributed by atoms with Crippen molar-refractivity contribution in [2.75, 3.05) is 5.73 Å². The Morgan fingerprint density at radius 3 is 2.88 bits per heavy atom. The van der Waals surface area contributed by atoms with Crippen molar-refractivity contribution in [2.24, 2.45) is 0 Å². The molecule has 4 heteroatoms. The topological polar surface area (TPSA) is 52.0 Å². The van der Waals surface area contributed by atoms with Gasteiger partial charge in [-0.3, -0.25) is 0 Å². The number of rotatable bonds is 1. The maximum Gasteiger partial charge on any atom is 0.169 e. The van der Waals surface area contributed by atoms with Crippen LogP contribution in [0.5, 0.6) is 0 Å². The molecule has 0 aromatic carbocycles. The lowest BCUT2D eigenvalue weighted by Gasteiger charge is -1.73. The highest BCUT2D eigenvalue weighted by molar-refractivity contribution is 5.25. The summed E-state index contributed by atoms with van der Waals surface area (Å²) in [6.07, 6.45) is 0. The minimum Gasteiger partial charge on any atom is -0.381 e. The van der Waals surface area contributed by atoms with E-state index in [1.54, 1.807) is 0 Å². The van der Waals surface area contributed by atoms with Gasteiger partial charge in [-0.2, -0.15) is 0 Å². The molecule has 0 aliphatic heterocycles. The monoisotopic (exact) mass is 116 g/mol. The SMILES string of the molecule is Nc1cc(CF)on1. The van der Waals surface area contributed by atoms with E-state index in [0.29, 0.717) is 0 Å². The number of alkyl halides is 1. The average molecular weight is 116 g/mol. The first kappa shape index (κ1) is 5.08. The van der Waals surface area contributed by atoms with Gasteiger partial charge in [0.15, 0.2) is 18.3 Å². The van der Waals surface area contributed by atoms with Gasteiger partial charge in [0.1, 0.15) is 0 Å². The molecule has 0 aliphatic rings. The molecular formula is C4H5FN2O. The van der Waals surface area contributed by atoms with Crippen LogP contribution in [-0.4, -0.2) is 5.16 Å². The molecule has 0 saturated heterocycles. The summed E-state index contributed by atoms with van der Waals surface area (Å²) in [7, 11) is 0. The van der Waals surface area contributed by atoms with E-state index in [0.717, 1.165) is 0 Å². The van der Waals surface area contributed by atoms with Crippen LogP contribution in [0.1, 0.15) is 5.76 Å². The molecule has 1 rings (SSSR count). The molecule has 0 saturated carbocycles. The number of nitrogen functional groups attached to an aromatic ring is 1. The van der Waals surface area contributed by atoms with Crippen molar-refractivity contribution in [1.29, 1.82) is 0 Å². The number of halogens is 1. The Bertz CT molecular complexity index is 174. The Hall–Kier alpha value is -1.06. The van der Waals surface area contributed by atoms with Crippen LogP contribution in [0.4, 0.5) is 10.2 Å². The minimum atomic E-state index is -0.649. The van der Waals surface area contributed by atoms with E-state index < -0.39 is 6.67 Å². The minimum absolute atomic E-state index is 0.169. The highest BCUT2D eigenvalue weighted by atomic mass is 19.1. The molecule has 0 aliphatic carbocycles. The molecule has 1 aromatic rings. The van der Waals surface area contributed by atoms with Gasteiger partial charge in [0.25, 0.3) is 0 Å². The standard InChI is InChI=1S/C4H5FN2O/c5-2-3-1-4(6)7-8-3/h1H,2H2,(H2,6,7). The first-order valence-electron chi connectivity index (χ1n) is 2.10. The molecule has 0 bridgehead atoms. The fraction of sp³-hybridized carbons (Fsp3) is 0.250. The Balaban J connectivity index is 2.84. The predicted molar refractivity (Wildman–Crippen MR) is 25.7 cm³/mol. The summed E-state index contributed by atoms with van der Waals surface area (Å²) in [5.41, 5.74) is 5.08. The van der Waals surface area contributed by atoms with Crippen LogP contribution in [0.2, 0.25) is 0 Å². The summed E-state index contributed by atoms with van der Waals surface area (Å²) in [5.74, 6) is 0.389. The predicted octanol–water partition coefficient (Wildman–Crippen LogP) is 0.726. The summed E-state index contributed by atoms with van der Waals surface area (Å²) in [6.45, 7) is -0.649. The fourth-order valence-corrected chi connectivity index (χ4v) is 0.392. The van der Waals surface area contributed by atoms with Gasteiger partial charge in [-0.15, -0.1) is 0 Å². The third kappa shape index (κ3) is 0.776. The van der Waals surface area contributed by atoms with Crippen molar-refractivity contribution in [3.63, 3.8) is 0 Å². The van der Waals surface area contributed by atoms with Crippen LogP contribution in [0.3, 0.4) is 0 Å². The number of anilines is 1. The van der Waals surface area contributed by atoms with E-state index in [2.05, 4.69) is 9.68 Å². The fourth-order valence-electron chi connectivity index (χ4n) is 0.392. The van der Waals surface area contributed by atoms with Crippen LogP contribution in [-0.2, 0) is 6.67 Å². The second-order valence-corrected chi connectivity index (χ2v) is 1.35. The van der Waals surface area contributed by atoms with Crippen molar-refractivity contribution in [3.8, 4) is 0 Å². The summed E-state index contributed by atoms with van der Waals surface area (Å²) in [4.78, 5) is 0. The largest absolute Gasteiger partial charge is 0.381 e. The van der Waals surface area contributed by atoms with Crippen molar-refractivity contribution >= 4 is 5.82 Å². The van der Waals surface area contributed by atoms with Crippen molar-refractivity contribution in [2.45, 2.75) is 6.67 Å². The summed E-state index contributed by atoms with van der Waals surface area (Å²) in [6, 6.07) is 1.35. The van der Waals surface area contributed by atoms with E-state index in [1.807, 2.05) is 0 Å². The molecule has 0 spiro atoms. The van der Waals surface area contributed by atoms with Crippen LogP contribution in [0, 0.1) is 0 Å². The molecule has 3 nitrogen and oxygen atoms in total. The van der Waals surface area contributed by atoms with Crippen molar-refractivity contribution < 1.29 is 8.91 Å². The Labute approximate surface area is 45.3 Å². The summed E-state index contributed by atoms with van der Waals surface area (Å²) in [5, 5.41) is 3.25. The van der Waals surface area contributed by atoms with Gasteiger partial charge in [-0.1, -0.05) is 5.16 Å². The molecule has 0 amide bonds. The molecule has 0 unspecified atom stereocenters. The molecule has 0 radical (unpaired) electrons. The van der Waals surface area contributed by atoms with Gasteiger partial charge >= 0.3 is 0 Å². The van der Waals surface area contributed by atoms with Gasteiger partial charge in [-0.25, -0.2) is 4.39 Å². The highest BCUT2D eigenvalue weighted by Crippen LogP contribution is 2.04. The molecule has 1 aromatic heterocycles. The van der Waals surface area contributed by atoms with E-state index in [9.17, 15) is 4.39 Å². The lowest BCUT2D eigenvalue weighted by molar-refractivity contribution is 0.331.